The van der Waals surface area contributed by atoms with Gasteiger partial charge in [0.05, 0.1) is 6.61 Å². The zero-order valence-electron chi connectivity index (χ0n) is 12.8. The zero-order chi connectivity index (χ0) is 15.3. The molecule has 0 saturated heterocycles. The molecule has 0 heterocycles. The summed E-state index contributed by atoms with van der Waals surface area (Å²) in [6, 6.07) is 7.47. The van der Waals surface area contributed by atoms with Gasteiger partial charge in [0.25, 0.3) is 0 Å². The third-order valence-corrected chi connectivity index (χ3v) is 3.05. The molecule has 0 aromatic heterocycles. The molecule has 0 aliphatic rings. The number of hydrogen-bond acceptors (Lipinski definition) is 3. The fourth-order valence-corrected chi connectivity index (χ4v) is 2.00. The average Bonchev–Trinajstić information content (AvgIpc) is 2.30. The molecule has 0 spiro atoms. The first-order valence-corrected chi connectivity index (χ1v) is 6.80. The molecule has 0 bridgehead atoms. The Bertz CT molecular complexity index is 489. The maximum atomic E-state index is 12.4. The van der Waals surface area contributed by atoms with Crippen LogP contribution in [-0.4, -0.2) is 18.5 Å². The Hall–Kier alpha value is -1.84. The quantitative estimate of drug-likeness (QED) is 0.679. The summed E-state index contributed by atoms with van der Waals surface area (Å²) in [6.07, 6.45) is 0. The van der Waals surface area contributed by atoms with E-state index < -0.39 is 17.3 Å². The Labute approximate surface area is 120 Å². The number of rotatable bonds is 4. The van der Waals surface area contributed by atoms with Gasteiger partial charge in [-0.2, -0.15) is 0 Å². The van der Waals surface area contributed by atoms with Gasteiger partial charge in [0.1, 0.15) is 5.92 Å². The predicted molar refractivity (Wildman–Crippen MR) is 79.4 cm³/mol. The number of carbonyl (C=O) groups excluding carboxylic acids is 2. The molecule has 4 heteroatoms. The van der Waals surface area contributed by atoms with Crippen LogP contribution in [0.1, 0.15) is 33.3 Å². The molecule has 1 amide bonds. The molecule has 1 N–H and O–H groups in total. The first-order valence-electron chi connectivity index (χ1n) is 6.80. The molecule has 1 unspecified atom stereocenters. The lowest BCUT2D eigenvalue weighted by Crippen LogP contribution is -2.40. The molecule has 0 aliphatic carbocycles. The molecule has 1 atom stereocenters. The van der Waals surface area contributed by atoms with E-state index >= 15 is 0 Å². The maximum Gasteiger partial charge on any atom is 0.319 e. The van der Waals surface area contributed by atoms with E-state index in [9.17, 15) is 9.59 Å². The van der Waals surface area contributed by atoms with Crippen molar-refractivity contribution in [3.05, 3.63) is 29.8 Å². The molecule has 1 aromatic carbocycles. The summed E-state index contributed by atoms with van der Waals surface area (Å²) in [5.41, 5.74) is 1.17. The van der Waals surface area contributed by atoms with Crippen LogP contribution in [0.25, 0.3) is 0 Å². The van der Waals surface area contributed by atoms with Gasteiger partial charge in [-0.1, -0.05) is 39.0 Å². The highest BCUT2D eigenvalue weighted by molar-refractivity contribution is 6.05. The monoisotopic (exact) mass is 277 g/mol. The second-order valence-corrected chi connectivity index (χ2v) is 5.86. The SMILES string of the molecule is CCOC(=O)C(C(=O)Nc1ccccc1C)C(C)(C)C. The van der Waals surface area contributed by atoms with Crippen LogP contribution in [0.15, 0.2) is 24.3 Å². The number of benzene rings is 1. The Morgan fingerprint density at radius 1 is 1.25 bits per heavy atom. The van der Waals surface area contributed by atoms with Gasteiger partial charge in [-0.25, -0.2) is 0 Å². The Morgan fingerprint density at radius 2 is 1.85 bits per heavy atom. The number of ether oxygens (including phenoxy) is 1. The largest absolute Gasteiger partial charge is 0.465 e. The van der Waals surface area contributed by atoms with Gasteiger partial charge in [0.15, 0.2) is 0 Å². The van der Waals surface area contributed by atoms with Crippen LogP contribution >= 0.6 is 0 Å². The van der Waals surface area contributed by atoms with Crippen molar-refractivity contribution in [2.45, 2.75) is 34.6 Å². The predicted octanol–water partition coefficient (Wildman–Crippen LogP) is 3.16. The molecule has 0 aliphatic heterocycles. The lowest BCUT2D eigenvalue weighted by atomic mass is 9.80. The molecule has 20 heavy (non-hydrogen) atoms. The topological polar surface area (TPSA) is 55.4 Å². The third-order valence-electron chi connectivity index (χ3n) is 3.05. The van der Waals surface area contributed by atoms with E-state index in [0.717, 1.165) is 11.3 Å². The number of amides is 1. The van der Waals surface area contributed by atoms with Gasteiger partial charge >= 0.3 is 5.97 Å². The van der Waals surface area contributed by atoms with E-state index in [2.05, 4.69) is 5.32 Å². The van der Waals surface area contributed by atoms with E-state index in [4.69, 9.17) is 4.74 Å². The minimum Gasteiger partial charge on any atom is -0.465 e. The zero-order valence-corrected chi connectivity index (χ0v) is 12.8. The van der Waals surface area contributed by atoms with E-state index in [0.29, 0.717) is 0 Å². The van der Waals surface area contributed by atoms with Crippen LogP contribution in [0.3, 0.4) is 0 Å². The van der Waals surface area contributed by atoms with Gasteiger partial charge in [-0.3, -0.25) is 9.59 Å². The van der Waals surface area contributed by atoms with Gasteiger partial charge < -0.3 is 10.1 Å². The summed E-state index contributed by atoms with van der Waals surface area (Å²) in [7, 11) is 0. The van der Waals surface area contributed by atoms with Crippen LogP contribution < -0.4 is 5.32 Å². The third kappa shape index (κ3) is 4.08. The summed E-state index contributed by atoms with van der Waals surface area (Å²) in [5.74, 6) is -1.64. The van der Waals surface area contributed by atoms with Crippen molar-refractivity contribution in [1.82, 2.24) is 0 Å². The highest BCUT2D eigenvalue weighted by atomic mass is 16.5. The van der Waals surface area contributed by atoms with Crippen molar-refractivity contribution in [2.75, 3.05) is 11.9 Å². The van der Waals surface area contributed by atoms with Gasteiger partial charge in [0, 0.05) is 5.69 Å². The molecule has 1 rings (SSSR count). The van der Waals surface area contributed by atoms with Crippen molar-refractivity contribution < 1.29 is 14.3 Å². The molecule has 0 radical (unpaired) electrons. The first kappa shape index (κ1) is 16.2. The van der Waals surface area contributed by atoms with Crippen molar-refractivity contribution >= 4 is 17.6 Å². The number of esters is 1. The van der Waals surface area contributed by atoms with Crippen molar-refractivity contribution in [1.29, 1.82) is 0 Å². The number of nitrogens with one attached hydrogen (secondary N) is 1. The van der Waals surface area contributed by atoms with Gasteiger partial charge in [0.2, 0.25) is 5.91 Å². The second-order valence-electron chi connectivity index (χ2n) is 5.86. The molecule has 4 nitrogen and oxygen atoms in total. The summed E-state index contributed by atoms with van der Waals surface area (Å²) < 4.78 is 5.02. The fraction of sp³-hybridized carbons (Fsp3) is 0.500. The number of carbonyl (C=O) groups is 2. The number of para-hydroxylation sites is 1. The normalized spacial score (nSPS) is 12.7. The van der Waals surface area contributed by atoms with E-state index in [1.807, 2.05) is 52.0 Å². The van der Waals surface area contributed by atoms with Gasteiger partial charge in [-0.05, 0) is 30.9 Å². The van der Waals surface area contributed by atoms with Crippen LogP contribution in [0.4, 0.5) is 5.69 Å². The summed E-state index contributed by atoms with van der Waals surface area (Å²) in [6.45, 7) is 9.47. The summed E-state index contributed by atoms with van der Waals surface area (Å²) >= 11 is 0. The first-order chi connectivity index (χ1) is 9.27. The number of anilines is 1. The van der Waals surface area contributed by atoms with Crippen LogP contribution in [0.5, 0.6) is 0 Å². The minimum absolute atomic E-state index is 0.267. The molecular formula is C16H23NO3. The molecular weight excluding hydrogens is 254 g/mol. The van der Waals surface area contributed by atoms with Crippen LogP contribution in [0.2, 0.25) is 0 Å². The molecule has 0 fully saturated rings. The van der Waals surface area contributed by atoms with E-state index in [-0.39, 0.29) is 12.5 Å². The number of aryl methyl sites for hydroxylation is 1. The lowest BCUT2D eigenvalue weighted by molar-refractivity contribution is -0.155. The number of hydrogen-bond donors (Lipinski definition) is 1. The fourth-order valence-electron chi connectivity index (χ4n) is 2.00. The van der Waals surface area contributed by atoms with Crippen molar-refractivity contribution in [2.24, 2.45) is 11.3 Å². The van der Waals surface area contributed by atoms with E-state index in [1.54, 1.807) is 6.92 Å². The van der Waals surface area contributed by atoms with Crippen molar-refractivity contribution in [3.63, 3.8) is 0 Å². The van der Waals surface area contributed by atoms with Gasteiger partial charge in [-0.15, -0.1) is 0 Å². The Balaban J connectivity index is 2.95. The van der Waals surface area contributed by atoms with Crippen LogP contribution in [-0.2, 0) is 14.3 Å². The highest BCUT2D eigenvalue weighted by Crippen LogP contribution is 2.29. The standard InChI is InChI=1S/C16H23NO3/c1-6-20-15(19)13(16(3,4)5)14(18)17-12-10-8-7-9-11(12)2/h7-10,13H,6H2,1-5H3,(H,17,18). The summed E-state index contributed by atoms with van der Waals surface area (Å²) in [4.78, 5) is 24.4. The van der Waals surface area contributed by atoms with Crippen LogP contribution in [0, 0.1) is 18.3 Å². The molecule has 0 saturated carbocycles. The smallest absolute Gasteiger partial charge is 0.319 e. The Morgan fingerprint density at radius 3 is 2.35 bits per heavy atom. The highest BCUT2D eigenvalue weighted by Gasteiger charge is 2.39. The van der Waals surface area contributed by atoms with Crippen molar-refractivity contribution in [3.8, 4) is 0 Å². The minimum atomic E-state index is -0.831. The Kier molecular flexibility index (Phi) is 5.31. The van der Waals surface area contributed by atoms with E-state index in [1.165, 1.54) is 0 Å². The average molecular weight is 277 g/mol. The second kappa shape index (κ2) is 6.55. The summed E-state index contributed by atoms with van der Waals surface area (Å²) in [5, 5.41) is 2.82. The molecule has 110 valence electrons. The molecule has 1 aromatic rings. The maximum absolute atomic E-state index is 12.4. The lowest BCUT2D eigenvalue weighted by Gasteiger charge is -2.27.